The summed E-state index contributed by atoms with van der Waals surface area (Å²) in [4.78, 5) is 19.6. The van der Waals surface area contributed by atoms with Crippen LogP contribution in [0.5, 0.6) is 0 Å². The Morgan fingerprint density at radius 3 is 1.90 bits per heavy atom. The summed E-state index contributed by atoms with van der Waals surface area (Å²) in [6.07, 6.45) is 0. The fourth-order valence-corrected chi connectivity index (χ4v) is 2.01. The molecular formula is C7H6MnN3NaO6S2. The van der Waals surface area contributed by atoms with Gasteiger partial charge in [0, 0.05) is 0 Å². The second-order valence-corrected chi connectivity index (χ2v) is 4.18. The van der Waals surface area contributed by atoms with E-state index in [1.165, 1.54) is 4.70 Å². The largest absolute Gasteiger partial charge is 2.00 e. The van der Waals surface area contributed by atoms with Crippen LogP contribution < -0.4 is 29.6 Å². The Morgan fingerprint density at radius 2 is 1.50 bits per heavy atom. The van der Waals surface area contributed by atoms with Crippen LogP contribution in [0, 0.1) is 34.6 Å². The Morgan fingerprint density at radius 1 is 1.10 bits per heavy atom. The summed E-state index contributed by atoms with van der Waals surface area (Å²) >= 11 is 6.59. The van der Waals surface area contributed by atoms with Crippen molar-refractivity contribution < 1.29 is 58.2 Å². The van der Waals surface area contributed by atoms with Gasteiger partial charge in [-0.2, -0.15) is 0 Å². The molecule has 2 aromatic rings. The van der Waals surface area contributed by atoms with E-state index in [-0.39, 0.29) is 48.1 Å². The smallest absolute Gasteiger partial charge is 1.00 e. The van der Waals surface area contributed by atoms with E-state index in [0.29, 0.717) is 0 Å². The number of rotatable bonds is 0. The van der Waals surface area contributed by atoms with Crippen molar-refractivity contribution in [2.75, 3.05) is 0 Å². The molecule has 0 atom stereocenters. The minimum Gasteiger partial charge on any atom is -1.00 e. The second-order valence-electron chi connectivity index (χ2n) is 2.46. The molecule has 1 radical (unpaired) electrons. The molecule has 20 heavy (non-hydrogen) atoms. The van der Waals surface area contributed by atoms with Crippen LogP contribution in [0.25, 0.3) is 10.2 Å². The number of aromatic amines is 1. The SMILES string of the molecule is O=[N+]([O-])[O-].O=[N+]([O-])[O-].S=c1[nH]c2ccccc2s1.[H-].[Mn+2].[Na+]. The number of aromatic nitrogens is 1. The number of hydrogen-bond acceptors (Lipinski definition) is 8. The number of nitrogens with zero attached hydrogens (tertiary/aromatic N) is 2. The predicted molar refractivity (Wildman–Crippen MR) is 68.8 cm³/mol. The monoisotopic (exact) mass is 370 g/mol. The van der Waals surface area contributed by atoms with Crippen molar-refractivity contribution in [1.29, 1.82) is 0 Å². The van der Waals surface area contributed by atoms with E-state index in [0.717, 1.165) is 9.47 Å². The van der Waals surface area contributed by atoms with Crippen LogP contribution in [0.2, 0.25) is 0 Å². The molecule has 0 unspecified atom stereocenters. The Balaban J connectivity index is -0.000000115. The molecule has 1 heterocycles. The quantitative estimate of drug-likeness (QED) is 0.287. The Hall–Kier alpha value is -0.751. The van der Waals surface area contributed by atoms with E-state index < -0.39 is 10.2 Å². The molecule has 0 aliphatic carbocycles. The van der Waals surface area contributed by atoms with Crippen LogP contribution in [-0.2, 0) is 17.1 Å². The van der Waals surface area contributed by atoms with Crippen molar-refractivity contribution in [1.82, 2.24) is 4.98 Å². The minimum absolute atomic E-state index is 0. The molecule has 2 rings (SSSR count). The molecule has 0 saturated carbocycles. The minimum atomic E-state index is -1.75. The first-order valence-electron chi connectivity index (χ1n) is 4.04. The fourth-order valence-electron chi connectivity index (χ4n) is 0.894. The first kappa shape index (κ1) is 24.3. The van der Waals surface area contributed by atoms with Gasteiger partial charge in [0.2, 0.25) is 0 Å². The Kier molecular flexibility index (Phi) is 16.1. The first-order chi connectivity index (χ1) is 8.32. The van der Waals surface area contributed by atoms with Gasteiger partial charge in [0.05, 0.1) is 20.4 Å². The number of benzene rings is 1. The maximum Gasteiger partial charge on any atom is 2.00 e. The summed E-state index contributed by atoms with van der Waals surface area (Å²) in [6, 6.07) is 8.11. The molecule has 0 amide bonds. The van der Waals surface area contributed by atoms with E-state index in [9.17, 15) is 0 Å². The molecule has 105 valence electrons. The van der Waals surface area contributed by atoms with Gasteiger partial charge in [0.25, 0.3) is 0 Å². The molecule has 0 aliphatic rings. The summed E-state index contributed by atoms with van der Waals surface area (Å²) in [6.45, 7) is 0. The van der Waals surface area contributed by atoms with E-state index in [1.807, 2.05) is 18.2 Å². The fraction of sp³-hybridized carbons (Fsp3) is 0. The molecule has 0 spiro atoms. The molecule has 0 saturated heterocycles. The van der Waals surface area contributed by atoms with Gasteiger partial charge in [-0.15, -0.1) is 11.3 Å². The number of hydrogen-bond donors (Lipinski definition) is 1. The Bertz CT molecular complexity index is 541. The summed E-state index contributed by atoms with van der Waals surface area (Å²) in [5, 5.41) is 29.5. The molecule has 1 N–H and O–H groups in total. The average Bonchev–Trinajstić information content (AvgIpc) is 2.55. The second kappa shape index (κ2) is 13.2. The van der Waals surface area contributed by atoms with Crippen LogP contribution in [-0.4, -0.2) is 15.2 Å². The van der Waals surface area contributed by atoms with Gasteiger partial charge < -0.3 is 37.1 Å². The van der Waals surface area contributed by atoms with Crippen molar-refractivity contribution in [2.24, 2.45) is 0 Å². The summed E-state index contributed by atoms with van der Waals surface area (Å²) < 4.78 is 2.08. The van der Waals surface area contributed by atoms with E-state index in [2.05, 4.69) is 11.1 Å². The molecule has 1 aromatic heterocycles. The molecule has 0 aliphatic heterocycles. The van der Waals surface area contributed by atoms with Crippen molar-refractivity contribution in [2.45, 2.75) is 0 Å². The van der Waals surface area contributed by atoms with Gasteiger partial charge in [-0.1, -0.05) is 12.1 Å². The summed E-state index contributed by atoms with van der Waals surface area (Å²) in [5.74, 6) is 0. The zero-order chi connectivity index (χ0) is 14.1. The topological polar surface area (TPSA) is 148 Å². The van der Waals surface area contributed by atoms with Gasteiger partial charge >= 0.3 is 46.6 Å². The van der Waals surface area contributed by atoms with E-state index >= 15 is 0 Å². The van der Waals surface area contributed by atoms with Crippen LogP contribution >= 0.6 is 23.6 Å². The number of H-pyrrole nitrogens is 1. The molecule has 13 heteroatoms. The maximum absolute atomic E-state index is 8.25. The Labute approximate surface area is 155 Å². The standard InChI is InChI=1S/C7H5NS2.Mn.2NO3.Na.H/c9-7-8-5-3-1-2-4-6(5)10-7;;2*2-1(3)4;;/h1-4H,(H,8,9);;;;;/q;+2;2*-1;+1;-1. The van der Waals surface area contributed by atoms with Crippen LogP contribution in [0.15, 0.2) is 24.3 Å². The number of para-hydroxylation sites is 1. The molecule has 9 nitrogen and oxygen atoms in total. The number of fused-ring (bicyclic) bond motifs is 1. The van der Waals surface area contributed by atoms with Crippen molar-refractivity contribution in [3.05, 3.63) is 58.9 Å². The zero-order valence-electron chi connectivity index (χ0n) is 10.8. The van der Waals surface area contributed by atoms with Gasteiger partial charge in [-0.25, -0.2) is 0 Å². The maximum atomic E-state index is 8.25. The first-order valence-corrected chi connectivity index (χ1v) is 5.26. The van der Waals surface area contributed by atoms with Crippen molar-refractivity contribution in [3.8, 4) is 0 Å². The van der Waals surface area contributed by atoms with Gasteiger partial charge in [0.15, 0.2) is 3.95 Å². The number of nitrogens with one attached hydrogen (secondary N) is 1. The van der Waals surface area contributed by atoms with Crippen molar-refractivity contribution >= 4 is 33.8 Å². The summed E-state index contributed by atoms with van der Waals surface area (Å²) in [5.41, 5.74) is 1.14. The predicted octanol–water partition coefficient (Wildman–Crippen LogP) is -0.405. The van der Waals surface area contributed by atoms with Crippen LogP contribution in [0.3, 0.4) is 0 Å². The van der Waals surface area contributed by atoms with E-state index in [4.69, 9.17) is 42.9 Å². The number of thiazole rings is 1. The third-order valence-electron chi connectivity index (χ3n) is 1.33. The van der Waals surface area contributed by atoms with Gasteiger partial charge in [-0.3, -0.25) is 0 Å². The normalized spacial score (nSPS) is 7.60. The third-order valence-corrected chi connectivity index (χ3v) is 2.54. The molecule has 0 bridgehead atoms. The summed E-state index contributed by atoms with van der Waals surface area (Å²) in [7, 11) is 0. The van der Waals surface area contributed by atoms with E-state index in [1.54, 1.807) is 11.3 Å². The van der Waals surface area contributed by atoms with Crippen LogP contribution in [0.4, 0.5) is 0 Å². The zero-order valence-corrected chi connectivity index (χ0v) is 14.7. The molecule has 1 aromatic carbocycles. The van der Waals surface area contributed by atoms with Gasteiger partial charge in [-0.05, 0) is 24.4 Å². The van der Waals surface area contributed by atoms with Crippen LogP contribution in [0.1, 0.15) is 1.43 Å². The molecular weight excluding hydrogens is 364 g/mol. The van der Waals surface area contributed by atoms with Gasteiger partial charge in [0.1, 0.15) is 0 Å². The molecule has 0 fully saturated rings. The average molecular weight is 370 g/mol. The van der Waals surface area contributed by atoms with Crippen molar-refractivity contribution in [3.63, 3.8) is 0 Å². The third kappa shape index (κ3) is 13.7.